The van der Waals surface area contributed by atoms with Gasteiger partial charge in [0.25, 0.3) is 17.4 Å². The normalized spacial score (nSPS) is 12.4. The predicted octanol–water partition coefficient (Wildman–Crippen LogP) is 4.14. The summed E-state index contributed by atoms with van der Waals surface area (Å²) in [6.45, 7) is 1.93. The lowest BCUT2D eigenvalue weighted by Gasteiger charge is -2.12. The summed E-state index contributed by atoms with van der Waals surface area (Å²) in [7, 11) is 0. The monoisotopic (exact) mass is 427 g/mol. The largest absolute Gasteiger partial charge is 0.365 e. The number of thioether (sulfide) groups is 1. The van der Waals surface area contributed by atoms with Gasteiger partial charge in [0.2, 0.25) is 0 Å². The first kappa shape index (κ1) is 20.9. The molecule has 1 aromatic carbocycles. The lowest BCUT2D eigenvalue weighted by atomic mass is 9.99. The van der Waals surface area contributed by atoms with Gasteiger partial charge >= 0.3 is 0 Å². The fourth-order valence-corrected chi connectivity index (χ4v) is 4.19. The van der Waals surface area contributed by atoms with Crippen LogP contribution in [0.25, 0.3) is 10.9 Å². The fourth-order valence-electron chi connectivity index (χ4n) is 2.93. The van der Waals surface area contributed by atoms with Crippen LogP contribution in [-0.2, 0) is 6.42 Å². The van der Waals surface area contributed by atoms with Gasteiger partial charge in [0.1, 0.15) is 5.56 Å². The topological polar surface area (TPSA) is 105 Å². The first-order valence-electron chi connectivity index (χ1n) is 9.10. The highest BCUT2D eigenvalue weighted by molar-refractivity contribution is 8.02. The van der Waals surface area contributed by atoms with Crippen molar-refractivity contribution in [3.63, 3.8) is 0 Å². The Kier molecular flexibility index (Phi) is 6.90. The van der Waals surface area contributed by atoms with E-state index < -0.39 is 11.5 Å². The Hall–Kier alpha value is -2.84. The Balaban J connectivity index is 0.000000419. The van der Waals surface area contributed by atoms with Crippen molar-refractivity contribution >= 4 is 51.5 Å². The number of rotatable bonds is 4. The number of amides is 2. The highest BCUT2D eigenvalue weighted by Crippen LogP contribution is 2.23. The van der Waals surface area contributed by atoms with E-state index >= 15 is 0 Å². The number of hydrogen-bond donors (Lipinski definition) is 3. The summed E-state index contributed by atoms with van der Waals surface area (Å²) in [5.41, 5.74) is 6.78. The van der Waals surface area contributed by atoms with E-state index in [0.717, 1.165) is 5.56 Å². The second kappa shape index (κ2) is 9.58. The first-order valence-corrected chi connectivity index (χ1v) is 11.1. The van der Waals surface area contributed by atoms with Crippen LogP contribution in [0, 0.1) is 0 Å². The Labute approximate surface area is 176 Å². The van der Waals surface area contributed by atoms with E-state index in [0.29, 0.717) is 28.6 Å². The van der Waals surface area contributed by atoms with Gasteiger partial charge in [-0.3, -0.25) is 14.4 Å². The molecule has 0 atom stereocenters. The van der Waals surface area contributed by atoms with Crippen molar-refractivity contribution in [2.45, 2.75) is 19.8 Å². The number of aromatic amines is 1. The van der Waals surface area contributed by atoms with Gasteiger partial charge in [0, 0.05) is 11.1 Å². The maximum absolute atomic E-state index is 12.7. The van der Waals surface area contributed by atoms with Crippen LogP contribution in [0.15, 0.2) is 51.3 Å². The number of aromatic nitrogens is 1. The number of benzene rings is 1. The molecule has 2 aromatic heterocycles. The highest BCUT2D eigenvalue weighted by atomic mass is 32.2. The van der Waals surface area contributed by atoms with Crippen LogP contribution < -0.4 is 16.6 Å². The smallest absolute Gasteiger partial charge is 0.261 e. The van der Waals surface area contributed by atoms with Crippen LogP contribution in [0.5, 0.6) is 0 Å². The van der Waals surface area contributed by atoms with Crippen molar-refractivity contribution in [2.75, 3.05) is 11.1 Å². The number of fused-ring (bicyclic) bond motifs is 1. The number of primary amides is 1. The summed E-state index contributed by atoms with van der Waals surface area (Å²) >= 11 is 3.37. The molecule has 0 aliphatic carbocycles. The zero-order valence-electron chi connectivity index (χ0n) is 15.9. The molecule has 3 heterocycles. The molecule has 1 aliphatic heterocycles. The predicted molar refractivity (Wildman–Crippen MR) is 121 cm³/mol. The van der Waals surface area contributed by atoms with E-state index in [1.54, 1.807) is 12.1 Å². The molecule has 1 aliphatic rings. The molecule has 4 rings (SSSR count). The summed E-state index contributed by atoms with van der Waals surface area (Å²) in [4.78, 5) is 38.8. The number of allylic oxidation sites excluding steroid dienone is 1. The Morgan fingerprint density at radius 3 is 2.66 bits per heavy atom. The molecule has 0 fully saturated rings. The molecular weight excluding hydrogens is 406 g/mol. The SMILES string of the molecule is C1=CSCC1.CCc1ccc2cc(C(N)=O)c(=O)[nH]c2c1C(=O)Nc1ccsc1. The standard InChI is InChI=1S/C17H15N3O3S.C4H6S/c1-2-9-3-4-10-7-12(15(18)21)16(22)20-14(10)13(9)17(23)19-11-5-6-24-8-11;1-2-4-5-3-1/h3-8H,2H2,1H3,(H2,18,21)(H,19,23)(H,20,22);1,3H,2,4H2. The lowest BCUT2D eigenvalue weighted by molar-refractivity contribution is 0.0997. The molecule has 29 heavy (non-hydrogen) atoms. The van der Waals surface area contributed by atoms with Crippen molar-refractivity contribution in [1.29, 1.82) is 0 Å². The first-order chi connectivity index (χ1) is 14.0. The number of hydrogen-bond acceptors (Lipinski definition) is 5. The van der Waals surface area contributed by atoms with Gasteiger partial charge in [0.05, 0.1) is 16.8 Å². The second-order valence-electron chi connectivity index (χ2n) is 6.29. The van der Waals surface area contributed by atoms with E-state index in [2.05, 4.69) is 21.8 Å². The zero-order valence-corrected chi connectivity index (χ0v) is 17.5. The average molecular weight is 428 g/mol. The summed E-state index contributed by atoms with van der Waals surface area (Å²) < 4.78 is 0. The van der Waals surface area contributed by atoms with E-state index in [1.165, 1.54) is 29.6 Å². The molecule has 6 nitrogen and oxygen atoms in total. The molecule has 0 saturated heterocycles. The Morgan fingerprint density at radius 2 is 2.10 bits per heavy atom. The third kappa shape index (κ3) is 4.96. The van der Waals surface area contributed by atoms with Crippen molar-refractivity contribution in [2.24, 2.45) is 5.73 Å². The van der Waals surface area contributed by atoms with Gasteiger partial charge in [-0.05, 0) is 46.7 Å². The molecule has 0 bridgehead atoms. The average Bonchev–Trinajstić information content (AvgIpc) is 3.43. The summed E-state index contributed by atoms with van der Waals surface area (Å²) in [6, 6.07) is 6.79. The molecule has 0 radical (unpaired) electrons. The molecule has 0 unspecified atom stereocenters. The van der Waals surface area contributed by atoms with Crippen LogP contribution in [-0.4, -0.2) is 22.6 Å². The van der Waals surface area contributed by atoms with Gasteiger partial charge in [0.15, 0.2) is 0 Å². The van der Waals surface area contributed by atoms with Crippen LogP contribution in [0.1, 0.15) is 39.6 Å². The quantitative estimate of drug-likeness (QED) is 0.582. The number of nitrogens with one attached hydrogen (secondary N) is 2. The minimum atomic E-state index is -0.804. The molecule has 8 heteroatoms. The minimum Gasteiger partial charge on any atom is -0.365 e. The third-order valence-electron chi connectivity index (χ3n) is 4.35. The van der Waals surface area contributed by atoms with Crippen LogP contribution in [0.3, 0.4) is 0 Å². The van der Waals surface area contributed by atoms with E-state index in [1.807, 2.05) is 35.5 Å². The van der Waals surface area contributed by atoms with E-state index in [4.69, 9.17) is 5.73 Å². The van der Waals surface area contributed by atoms with Crippen LogP contribution >= 0.6 is 23.1 Å². The Bertz CT molecular complexity index is 1110. The number of carbonyl (C=O) groups excluding carboxylic acids is 2. The van der Waals surface area contributed by atoms with E-state index in [-0.39, 0.29) is 11.5 Å². The molecule has 150 valence electrons. The second-order valence-corrected chi connectivity index (χ2v) is 8.09. The number of nitrogens with two attached hydrogens (primary N) is 1. The molecule has 4 N–H and O–H groups in total. The fraction of sp³-hybridized carbons (Fsp3) is 0.190. The van der Waals surface area contributed by atoms with Gasteiger partial charge in [-0.15, -0.1) is 11.8 Å². The number of carbonyl (C=O) groups is 2. The third-order valence-corrected chi connectivity index (χ3v) is 5.89. The zero-order chi connectivity index (χ0) is 20.8. The molecular formula is C21H21N3O3S2. The van der Waals surface area contributed by atoms with Gasteiger partial charge in [-0.1, -0.05) is 25.1 Å². The number of pyridine rings is 1. The van der Waals surface area contributed by atoms with Gasteiger partial charge in [-0.25, -0.2) is 0 Å². The molecule has 2 amide bonds. The highest BCUT2D eigenvalue weighted by Gasteiger charge is 2.18. The van der Waals surface area contributed by atoms with E-state index in [9.17, 15) is 14.4 Å². The van der Waals surface area contributed by atoms with Gasteiger partial charge < -0.3 is 16.0 Å². The number of aryl methyl sites for hydroxylation is 1. The minimum absolute atomic E-state index is 0.129. The number of H-pyrrole nitrogens is 1. The summed E-state index contributed by atoms with van der Waals surface area (Å²) in [5.74, 6) is 0.195. The Morgan fingerprint density at radius 1 is 1.28 bits per heavy atom. The van der Waals surface area contributed by atoms with Gasteiger partial charge in [-0.2, -0.15) is 11.3 Å². The van der Waals surface area contributed by atoms with Crippen molar-refractivity contribution in [3.05, 3.63) is 73.6 Å². The molecule has 0 spiro atoms. The molecule has 0 saturated carbocycles. The van der Waals surface area contributed by atoms with Crippen molar-refractivity contribution in [1.82, 2.24) is 4.98 Å². The maximum atomic E-state index is 12.7. The maximum Gasteiger partial charge on any atom is 0.261 e. The summed E-state index contributed by atoms with van der Waals surface area (Å²) in [5, 5.41) is 9.24. The summed E-state index contributed by atoms with van der Waals surface area (Å²) in [6.07, 6.45) is 4.11. The van der Waals surface area contributed by atoms with Crippen LogP contribution in [0.2, 0.25) is 0 Å². The number of thiophene rings is 1. The number of anilines is 1. The van der Waals surface area contributed by atoms with Crippen molar-refractivity contribution < 1.29 is 9.59 Å². The lowest BCUT2D eigenvalue weighted by Crippen LogP contribution is -2.24. The van der Waals surface area contributed by atoms with Crippen LogP contribution in [0.4, 0.5) is 5.69 Å². The van der Waals surface area contributed by atoms with Crippen molar-refractivity contribution in [3.8, 4) is 0 Å². The molecule has 3 aromatic rings.